The molecular weight excluding hydrogens is 412 g/mol. The summed E-state index contributed by atoms with van der Waals surface area (Å²) in [5.41, 5.74) is 3.50. The Kier molecular flexibility index (Phi) is 5.87. The van der Waals surface area contributed by atoms with Crippen molar-refractivity contribution in [3.8, 4) is 11.3 Å². The third kappa shape index (κ3) is 4.95. The molecule has 3 aromatic rings. The number of hydrogen-bond donors (Lipinski definition) is 3. The van der Waals surface area contributed by atoms with E-state index in [4.69, 9.17) is 0 Å². The van der Waals surface area contributed by atoms with E-state index in [0.717, 1.165) is 15.6 Å². The third-order valence-electron chi connectivity index (χ3n) is 3.80. The molecule has 2 amide bonds. The molecule has 0 aliphatic heterocycles. The number of amides is 2. The number of hydrogen-bond acceptors (Lipinski definition) is 4. The Balaban J connectivity index is 1.62. The third-order valence-corrected chi connectivity index (χ3v) is 4.33. The highest BCUT2D eigenvalue weighted by molar-refractivity contribution is 9.10. The molecule has 27 heavy (non-hydrogen) atoms. The largest absolute Gasteiger partial charge is 0.453 e. The van der Waals surface area contributed by atoms with Crippen LogP contribution in [0.5, 0.6) is 0 Å². The molecule has 0 aliphatic carbocycles. The molecule has 0 saturated carbocycles. The minimum atomic E-state index is -0.492. The van der Waals surface area contributed by atoms with Crippen molar-refractivity contribution in [2.24, 2.45) is 0 Å². The molecule has 3 N–H and O–H groups in total. The standard InChI is InChI=1S/C19H17BrN4O3/c1-27-19(26)21-11-12-2-8-15(9-3-12)22-18(25)17-10-16(23-24-17)13-4-6-14(20)7-5-13/h2-10H,11H2,1H3,(H,21,26)(H,22,25)(H,23,24). The van der Waals surface area contributed by atoms with Gasteiger partial charge in [0.05, 0.1) is 12.8 Å². The Morgan fingerprint density at radius 2 is 1.81 bits per heavy atom. The van der Waals surface area contributed by atoms with Gasteiger partial charge >= 0.3 is 6.09 Å². The van der Waals surface area contributed by atoms with Crippen LogP contribution in [0.1, 0.15) is 16.1 Å². The monoisotopic (exact) mass is 428 g/mol. The number of methoxy groups -OCH3 is 1. The van der Waals surface area contributed by atoms with E-state index in [2.05, 4.69) is 41.5 Å². The number of nitrogens with one attached hydrogen (secondary N) is 3. The first-order valence-corrected chi connectivity index (χ1v) is 8.88. The number of benzene rings is 2. The van der Waals surface area contributed by atoms with Crippen LogP contribution in [0.25, 0.3) is 11.3 Å². The van der Waals surface area contributed by atoms with Crippen LogP contribution in [0, 0.1) is 0 Å². The lowest BCUT2D eigenvalue weighted by molar-refractivity contribution is 0.102. The molecule has 8 heteroatoms. The second-order valence-electron chi connectivity index (χ2n) is 5.67. The highest BCUT2D eigenvalue weighted by Crippen LogP contribution is 2.21. The number of alkyl carbamates (subject to hydrolysis) is 1. The topological polar surface area (TPSA) is 96.1 Å². The van der Waals surface area contributed by atoms with Crippen LogP contribution in [-0.4, -0.2) is 29.3 Å². The molecule has 0 aliphatic rings. The van der Waals surface area contributed by atoms with E-state index in [1.807, 2.05) is 36.4 Å². The predicted octanol–water partition coefficient (Wildman–Crippen LogP) is 3.95. The van der Waals surface area contributed by atoms with Gasteiger partial charge in [0.15, 0.2) is 0 Å². The van der Waals surface area contributed by atoms with Gasteiger partial charge in [-0.2, -0.15) is 5.10 Å². The maximum Gasteiger partial charge on any atom is 0.407 e. The Labute approximate surface area is 164 Å². The molecule has 2 aromatic carbocycles. The lowest BCUT2D eigenvalue weighted by atomic mass is 10.1. The van der Waals surface area contributed by atoms with E-state index in [9.17, 15) is 9.59 Å². The lowest BCUT2D eigenvalue weighted by Crippen LogP contribution is -2.22. The Bertz CT molecular complexity index is 936. The Hall–Kier alpha value is -3.13. The molecule has 3 rings (SSSR count). The summed E-state index contributed by atoms with van der Waals surface area (Å²) >= 11 is 3.39. The van der Waals surface area contributed by atoms with E-state index >= 15 is 0 Å². The van der Waals surface area contributed by atoms with E-state index in [0.29, 0.717) is 23.6 Å². The summed E-state index contributed by atoms with van der Waals surface area (Å²) in [6.07, 6.45) is -0.492. The number of ether oxygens (including phenoxy) is 1. The molecule has 0 atom stereocenters. The summed E-state index contributed by atoms with van der Waals surface area (Å²) in [7, 11) is 1.31. The number of aromatic nitrogens is 2. The molecule has 0 fully saturated rings. The SMILES string of the molecule is COC(=O)NCc1ccc(NC(=O)c2cc(-c3ccc(Br)cc3)n[nH]2)cc1. The number of aromatic amines is 1. The van der Waals surface area contributed by atoms with Crippen LogP contribution < -0.4 is 10.6 Å². The van der Waals surface area contributed by atoms with Crippen molar-refractivity contribution < 1.29 is 14.3 Å². The van der Waals surface area contributed by atoms with Crippen LogP contribution in [0.15, 0.2) is 59.1 Å². The fraction of sp³-hybridized carbons (Fsp3) is 0.105. The van der Waals surface area contributed by atoms with Gasteiger partial charge in [0.2, 0.25) is 0 Å². The van der Waals surface area contributed by atoms with Crippen molar-refractivity contribution in [2.75, 3.05) is 12.4 Å². The maximum atomic E-state index is 12.4. The van der Waals surface area contributed by atoms with Gasteiger partial charge in [-0.05, 0) is 35.9 Å². The highest BCUT2D eigenvalue weighted by atomic mass is 79.9. The number of carbonyl (C=O) groups is 2. The minimum Gasteiger partial charge on any atom is -0.453 e. The van der Waals surface area contributed by atoms with E-state index in [-0.39, 0.29) is 5.91 Å². The normalized spacial score (nSPS) is 10.3. The van der Waals surface area contributed by atoms with Crippen molar-refractivity contribution >= 4 is 33.6 Å². The molecule has 0 radical (unpaired) electrons. The van der Waals surface area contributed by atoms with E-state index in [1.54, 1.807) is 18.2 Å². The van der Waals surface area contributed by atoms with Crippen LogP contribution in [0.3, 0.4) is 0 Å². The smallest absolute Gasteiger partial charge is 0.407 e. The Morgan fingerprint density at radius 1 is 1.11 bits per heavy atom. The van der Waals surface area contributed by atoms with Gasteiger partial charge in [-0.3, -0.25) is 9.89 Å². The van der Waals surface area contributed by atoms with Crippen molar-refractivity contribution in [3.05, 3.63) is 70.3 Å². The molecule has 0 bridgehead atoms. The Morgan fingerprint density at radius 3 is 2.48 bits per heavy atom. The summed E-state index contributed by atoms with van der Waals surface area (Å²) in [5, 5.41) is 12.3. The van der Waals surface area contributed by atoms with Crippen LogP contribution in [0.4, 0.5) is 10.5 Å². The lowest BCUT2D eigenvalue weighted by Gasteiger charge is -2.06. The number of anilines is 1. The van der Waals surface area contributed by atoms with Crippen molar-refractivity contribution in [1.29, 1.82) is 0 Å². The van der Waals surface area contributed by atoms with Crippen LogP contribution >= 0.6 is 15.9 Å². The van der Waals surface area contributed by atoms with Crippen molar-refractivity contribution in [2.45, 2.75) is 6.54 Å². The first kappa shape index (κ1) is 18.7. The summed E-state index contributed by atoms with van der Waals surface area (Å²) in [4.78, 5) is 23.5. The van der Waals surface area contributed by atoms with Gasteiger partial charge in [-0.1, -0.05) is 40.2 Å². The molecule has 1 heterocycles. The molecule has 0 saturated heterocycles. The zero-order chi connectivity index (χ0) is 19.2. The fourth-order valence-electron chi connectivity index (χ4n) is 2.36. The van der Waals surface area contributed by atoms with Crippen molar-refractivity contribution in [3.63, 3.8) is 0 Å². The van der Waals surface area contributed by atoms with Gasteiger partial charge in [0, 0.05) is 22.3 Å². The zero-order valence-corrected chi connectivity index (χ0v) is 16.0. The average molecular weight is 429 g/mol. The fourth-order valence-corrected chi connectivity index (χ4v) is 2.62. The maximum absolute atomic E-state index is 12.4. The summed E-state index contributed by atoms with van der Waals surface area (Å²) in [5.74, 6) is -0.286. The van der Waals surface area contributed by atoms with Gasteiger partial charge in [-0.15, -0.1) is 0 Å². The van der Waals surface area contributed by atoms with Crippen LogP contribution in [0.2, 0.25) is 0 Å². The highest BCUT2D eigenvalue weighted by Gasteiger charge is 2.11. The summed E-state index contributed by atoms with van der Waals surface area (Å²) in [6, 6.07) is 16.5. The minimum absolute atomic E-state index is 0.286. The number of halogens is 1. The quantitative estimate of drug-likeness (QED) is 0.573. The summed E-state index contributed by atoms with van der Waals surface area (Å²) < 4.78 is 5.50. The first-order chi connectivity index (χ1) is 13.0. The van der Waals surface area contributed by atoms with Crippen LogP contribution in [-0.2, 0) is 11.3 Å². The summed E-state index contributed by atoms with van der Waals surface area (Å²) in [6.45, 7) is 0.345. The second kappa shape index (κ2) is 8.50. The van der Waals surface area contributed by atoms with E-state index in [1.165, 1.54) is 7.11 Å². The van der Waals surface area contributed by atoms with E-state index < -0.39 is 6.09 Å². The molecule has 1 aromatic heterocycles. The number of rotatable bonds is 5. The first-order valence-electron chi connectivity index (χ1n) is 8.08. The number of nitrogens with zero attached hydrogens (tertiary/aromatic N) is 1. The molecule has 138 valence electrons. The van der Waals surface area contributed by atoms with Crippen molar-refractivity contribution in [1.82, 2.24) is 15.5 Å². The van der Waals surface area contributed by atoms with Gasteiger partial charge in [0.1, 0.15) is 5.69 Å². The van der Waals surface area contributed by atoms with Gasteiger partial charge in [0.25, 0.3) is 5.91 Å². The molecular formula is C19H17BrN4O3. The zero-order valence-electron chi connectivity index (χ0n) is 14.5. The molecule has 0 spiro atoms. The molecule has 0 unspecified atom stereocenters. The number of carbonyl (C=O) groups excluding carboxylic acids is 2. The second-order valence-corrected chi connectivity index (χ2v) is 6.59. The number of H-pyrrole nitrogens is 1. The van der Waals surface area contributed by atoms with Gasteiger partial charge in [-0.25, -0.2) is 4.79 Å². The predicted molar refractivity (Wildman–Crippen MR) is 105 cm³/mol. The average Bonchev–Trinajstić information content (AvgIpc) is 3.18. The molecule has 7 nitrogen and oxygen atoms in total. The van der Waals surface area contributed by atoms with Gasteiger partial charge < -0.3 is 15.4 Å².